The molecule has 4 N–H and O–H groups in total. The molecule has 4 saturated carbocycles. The third-order valence-electron chi connectivity index (χ3n) is 13.1. The molecule has 10 unspecified atom stereocenters. The number of aliphatic hydroxyl groups excluding tert-OH is 4. The summed E-state index contributed by atoms with van der Waals surface area (Å²) >= 11 is 0. The van der Waals surface area contributed by atoms with Crippen molar-refractivity contribution in [3.05, 3.63) is 11.6 Å². The van der Waals surface area contributed by atoms with Gasteiger partial charge in [-0.1, -0.05) is 53.2 Å². The fourth-order valence-corrected chi connectivity index (χ4v) is 10.8. The zero-order valence-corrected chi connectivity index (χ0v) is 22.7. The molecule has 0 aromatic heterocycles. The molecule has 5 aliphatic rings. The van der Waals surface area contributed by atoms with Gasteiger partial charge in [0.05, 0.1) is 36.3 Å². The van der Waals surface area contributed by atoms with Gasteiger partial charge < -0.3 is 20.4 Å². The molecule has 0 heterocycles. The van der Waals surface area contributed by atoms with Crippen molar-refractivity contribution in [2.45, 2.75) is 105 Å². The first-order valence-corrected chi connectivity index (χ1v) is 14.0. The van der Waals surface area contributed by atoms with Crippen LogP contribution in [0.2, 0.25) is 0 Å². The molecule has 0 spiro atoms. The van der Waals surface area contributed by atoms with E-state index in [1.807, 2.05) is 6.92 Å². The average Bonchev–Trinajstić information content (AvgIpc) is 2.76. The van der Waals surface area contributed by atoms with Gasteiger partial charge in [0.25, 0.3) is 0 Å². The first-order chi connectivity index (χ1) is 16.2. The Bertz CT molecular complexity index is 941. The number of carbonyl (C=O) groups is 1. The second kappa shape index (κ2) is 7.65. The Morgan fingerprint density at radius 2 is 1.54 bits per heavy atom. The highest BCUT2D eigenvalue weighted by Gasteiger charge is 2.71. The van der Waals surface area contributed by atoms with Gasteiger partial charge in [-0.2, -0.15) is 0 Å². The van der Waals surface area contributed by atoms with Crippen molar-refractivity contribution in [1.29, 1.82) is 0 Å². The molecule has 0 aromatic rings. The highest BCUT2D eigenvalue weighted by molar-refractivity contribution is 5.86. The molecule has 0 amide bonds. The van der Waals surface area contributed by atoms with Crippen LogP contribution in [0.4, 0.5) is 0 Å². The number of rotatable bonds is 2. The second-order valence-corrected chi connectivity index (χ2v) is 14.9. The molecule has 10 atom stereocenters. The van der Waals surface area contributed by atoms with Gasteiger partial charge in [0.1, 0.15) is 5.78 Å². The summed E-state index contributed by atoms with van der Waals surface area (Å²) in [6.45, 7) is 13.2. The first kappa shape index (κ1) is 25.9. The first-order valence-electron chi connectivity index (χ1n) is 14.0. The van der Waals surface area contributed by atoms with Crippen molar-refractivity contribution in [2.75, 3.05) is 13.2 Å². The molecule has 5 rings (SSSR count). The second-order valence-electron chi connectivity index (χ2n) is 14.9. The Morgan fingerprint density at radius 1 is 0.886 bits per heavy atom. The van der Waals surface area contributed by atoms with Crippen LogP contribution >= 0.6 is 0 Å². The molecule has 0 aromatic carbocycles. The lowest BCUT2D eigenvalue weighted by molar-refractivity contribution is -0.229. The van der Waals surface area contributed by atoms with Gasteiger partial charge in [-0.25, -0.2) is 0 Å². The van der Waals surface area contributed by atoms with Gasteiger partial charge >= 0.3 is 0 Å². The maximum Gasteiger partial charge on any atom is 0.141 e. The van der Waals surface area contributed by atoms with Crippen LogP contribution in [0.1, 0.15) is 92.9 Å². The fourth-order valence-electron chi connectivity index (χ4n) is 10.8. The van der Waals surface area contributed by atoms with E-state index < -0.39 is 23.0 Å². The van der Waals surface area contributed by atoms with Gasteiger partial charge in [-0.15, -0.1) is 0 Å². The molecular weight excluding hydrogens is 440 g/mol. The van der Waals surface area contributed by atoms with Crippen molar-refractivity contribution < 1.29 is 25.2 Å². The molecular formula is C30H48O5. The molecule has 5 aliphatic carbocycles. The van der Waals surface area contributed by atoms with E-state index >= 15 is 0 Å². The Morgan fingerprint density at radius 3 is 2.17 bits per heavy atom. The molecule has 0 aliphatic heterocycles. The van der Waals surface area contributed by atoms with Crippen molar-refractivity contribution in [3.63, 3.8) is 0 Å². The topological polar surface area (TPSA) is 98.0 Å². The smallest absolute Gasteiger partial charge is 0.141 e. The lowest BCUT2D eigenvalue weighted by Gasteiger charge is -2.71. The van der Waals surface area contributed by atoms with Gasteiger partial charge in [-0.05, 0) is 84.4 Å². The largest absolute Gasteiger partial charge is 0.396 e. The van der Waals surface area contributed by atoms with Crippen LogP contribution in [0.25, 0.3) is 0 Å². The van der Waals surface area contributed by atoms with Crippen molar-refractivity contribution in [1.82, 2.24) is 0 Å². The Hall–Kier alpha value is -0.750. The predicted molar refractivity (Wildman–Crippen MR) is 135 cm³/mol. The van der Waals surface area contributed by atoms with Crippen LogP contribution in [0.3, 0.4) is 0 Å². The summed E-state index contributed by atoms with van der Waals surface area (Å²) in [5, 5.41) is 44.1. The Labute approximate surface area is 211 Å². The minimum absolute atomic E-state index is 0.0426. The molecule has 0 saturated heterocycles. The fraction of sp³-hybridized carbons (Fsp3) is 0.900. The van der Waals surface area contributed by atoms with E-state index in [1.54, 1.807) is 0 Å². The summed E-state index contributed by atoms with van der Waals surface area (Å²) in [6, 6.07) is 0. The van der Waals surface area contributed by atoms with E-state index in [9.17, 15) is 25.2 Å². The van der Waals surface area contributed by atoms with Crippen LogP contribution in [-0.4, -0.2) is 51.6 Å². The lowest BCUT2D eigenvalue weighted by Crippen LogP contribution is -2.69. The van der Waals surface area contributed by atoms with Gasteiger partial charge in [0, 0.05) is 6.42 Å². The van der Waals surface area contributed by atoms with E-state index in [4.69, 9.17) is 0 Å². The summed E-state index contributed by atoms with van der Waals surface area (Å²) in [6.07, 6.45) is 7.14. The van der Waals surface area contributed by atoms with E-state index in [2.05, 4.69) is 40.7 Å². The quantitative estimate of drug-likeness (QED) is 0.435. The van der Waals surface area contributed by atoms with E-state index in [1.165, 1.54) is 5.57 Å². The molecule has 198 valence electrons. The zero-order chi connectivity index (χ0) is 25.8. The third-order valence-corrected chi connectivity index (χ3v) is 13.1. The zero-order valence-electron chi connectivity index (χ0n) is 22.7. The van der Waals surface area contributed by atoms with Crippen LogP contribution in [-0.2, 0) is 4.79 Å². The SMILES string of the molecule is CC1(C)CC(O)C2(CO)C(O)CC3(C)C(=CCC4C5(C)CCC(=O)C(C)(CO)C5CCC43C)C2C1. The molecule has 0 radical (unpaired) electrons. The summed E-state index contributed by atoms with van der Waals surface area (Å²) in [4.78, 5) is 13.0. The van der Waals surface area contributed by atoms with Crippen molar-refractivity contribution in [3.8, 4) is 0 Å². The van der Waals surface area contributed by atoms with Crippen LogP contribution in [0.5, 0.6) is 0 Å². The molecule has 5 heteroatoms. The van der Waals surface area contributed by atoms with E-state index in [-0.39, 0.29) is 52.5 Å². The van der Waals surface area contributed by atoms with E-state index in [0.717, 1.165) is 32.1 Å². The number of allylic oxidation sites excluding steroid dienone is 2. The number of Topliss-reactive ketones (excluding diaryl/α,β-unsaturated/α-hetero) is 1. The van der Waals surface area contributed by atoms with Gasteiger partial charge in [-0.3, -0.25) is 4.79 Å². The number of hydrogen-bond donors (Lipinski definition) is 4. The van der Waals surface area contributed by atoms with E-state index in [0.29, 0.717) is 25.2 Å². The summed E-state index contributed by atoms with van der Waals surface area (Å²) in [5.74, 6) is 0.692. The number of hydrogen-bond acceptors (Lipinski definition) is 5. The van der Waals surface area contributed by atoms with Gasteiger partial charge in [0.15, 0.2) is 0 Å². The van der Waals surface area contributed by atoms with Crippen LogP contribution in [0.15, 0.2) is 11.6 Å². The van der Waals surface area contributed by atoms with Gasteiger partial charge in [0.2, 0.25) is 0 Å². The van der Waals surface area contributed by atoms with Crippen molar-refractivity contribution in [2.24, 2.45) is 50.2 Å². The predicted octanol–water partition coefficient (Wildman–Crippen LogP) is 4.26. The number of aliphatic hydroxyl groups is 4. The summed E-state index contributed by atoms with van der Waals surface area (Å²) < 4.78 is 0. The summed E-state index contributed by atoms with van der Waals surface area (Å²) in [5.41, 5.74) is -0.625. The number of ketones is 1. The normalized spacial score (nSPS) is 55.2. The highest BCUT2D eigenvalue weighted by atomic mass is 16.3. The maximum absolute atomic E-state index is 13.0. The molecule has 4 fully saturated rings. The maximum atomic E-state index is 13.0. The monoisotopic (exact) mass is 488 g/mol. The molecule has 35 heavy (non-hydrogen) atoms. The van der Waals surface area contributed by atoms with Crippen LogP contribution in [0, 0.1) is 50.2 Å². The van der Waals surface area contributed by atoms with Crippen molar-refractivity contribution >= 4 is 5.78 Å². The Kier molecular flexibility index (Phi) is 5.65. The lowest BCUT2D eigenvalue weighted by atomic mass is 9.33. The third kappa shape index (κ3) is 2.99. The highest BCUT2D eigenvalue weighted by Crippen LogP contribution is 2.75. The van der Waals surface area contributed by atoms with Crippen LogP contribution < -0.4 is 0 Å². The number of carbonyl (C=O) groups excluding carboxylic acids is 1. The molecule has 5 nitrogen and oxygen atoms in total. The Balaban J connectivity index is 1.63. The summed E-state index contributed by atoms with van der Waals surface area (Å²) in [7, 11) is 0. The minimum Gasteiger partial charge on any atom is -0.396 e. The minimum atomic E-state index is -0.891. The number of fused-ring (bicyclic) bond motifs is 7. The standard InChI is InChI=1S/C30H48O5/c1-25(2)13-19-18-7-8-21-26(3)11-10-22(33)27(4,16-31)20(26)9-12-28(21,5)29(18,6)15-24(35)30(19,17-32)23(34)14-25/h7,19-21,23-24,31-32,34-35H,8-17H2,1-6H3. The average molecular weight is 489 g/mol. The molecule has 0 bridgehead atoms.